The van der Waals surface area contributed by atoms with Gasteiger partial charge in [-0.1, -0.05) is 188 Å². The number of hydrogen-bond acceptors (Lipinski definition) is 3. The highest BCUT2D eigenvalue weighted by Gasteiger charge is 2.52. The normalized spacial score (nSPS) is 13.0. The molecule has 0 atom stereocenters. The van der Waals surface area contributed by atoms with Gasteiger partial charge in [-0.2, -0.15) is 0 Å². The van der Waals surface area contributed by atoms with E-state index in [1.807, 2.05) is 11.3 Å². The molecule has 0 fully saturated rings. The smallest absolute Gasteiger partial charge is 0.160 e. The van der Waals surface area contributed by atoms with Crippen LogP contribution in [0.3, 0.4) is 0 Å². The summed E-state index contributed by atoms with van der Waals surface area (Å²) in [5.74, 6) is 0.700. The number of benzene rings is 9. The van der Waals surface area contributed by atoms with Crippen molar-refractivity contribution in [3.63, 3.8) is 0 Å². The summed E-state index contributed by atoms with van der Waals surface area (Å²) >= 11 is 1.87. The van der Waals surface area contributed by atoms with Gasteiger partial charge in [0, 0.05) is 36.9 Å². The average molecular weight is 805 g/mol. The molecule has 0 amide bonds. The van der Waals surface area contributed by atoms with Crippen molar-refractivity contribution >= 4 is 31.5 Å². The third kappa shape index (κ3) is 5.09. The minimum Gasteiger partial charge on any atom is -0.228 e. The number of thiophene rings is 1. The van der Waals surface area contributed by atoms with Crippen LogP contribution in [0.15, 0.2) is 218 Å². The highest BCUT2D eigenvalue weighted by Crippen LogP contribution is 2.64. The Morgan fingerprint density at radius 3 is 1.60 bits per heavy atom. The molecule has 0 aliphatic heterocycles. The Morgan fingerprint density at radius 1 is 0.323 bits per heavy atom. The van der Waals surface area contributed by atoms with E-state index in [2.05, 4.69) is 218 Å². The number of rotatable bonds is 5. The number of aromatic nitrogens is 2. The highest BCUT2D eigenvalue weighted by molar-refractivity contribution is 7.26. The van der Waals surface area contributed by atoms with E-state index in [9.17, 15) is 0 Å². The van der Waals surface area contributed by atoms with Crippen molar-refractivity contribution in [2.24, 2.45) is 0 Å². The van der Waals surface area contributed by atoms with Gasteiger partial charge >= 0.3 is 0 Å². The quantitative estimate of drug-likeness (QED) is 0.173. The second-order valence-electron chi connectivity index (χ2n) is 16.4. The molecule has 2 aromatic heterocycles. The van der Waals surface area contributed by atoms with E-state index in [0.29, 0.717) is 5.82 Å². The zero-order chi connectivity index (χ0) is 40.8. The van der Waals surface area contributed by atoms with Crippen molar-refractivity contribution in [2.75, 3.05) is 0 Å². The third-order valence-electron chi connectivity index (χ3n) is 13.1. The summed E-state index contributed by atoms with van der Waals surface area (Å²) in [6.07, 6.45) is 0. The number of hydrogen-bond donors (Lipinski definition) is 0. The molecule has 0 N–H and O–H groups in total. The van der Waals surface area contributed by atoms with E-state index in [-0.39, 0.29) is 0 Å². The van der Waals surface area contributed by atoms with Gasteiger partial charge in [0.2, 0.25) is 0 Å². The number of nitrogens with zero attached hydrogens (tertiary/aromatic N) is 2. The molecule has 0 radical (unpaired) electrons. The molecule has 0 unspecified atom stereocenters. The molecule has 0 saturated carbocycles. The molecule has 2 heterocycles. The fourth-order valence-electron chi connectivity index (χ4n) is 10.5. The van der Waals surface area contributed by atoms with Crippen LogP contribution in [0.1, 0.15) is 22.3 Å². The summed E-state index contributed by atoms with van der Waals surface area (Å²) in [7, 11) is 0. The van der Waals surface area contributed by atoms with Gasteiger partial charge in [-0.3, -0.25) is 0 Å². The lowest BCUT2D eigenvalue weighted by Gasteiger charge is -2.30. The summed E-state index contributed by atoms with van der Waals surface area (Å²) < 4.78 is 2.59. The van der Waals surface area contributed by atoms with Crippen molar-refractivity contribution in [2.45, 2.75) is 5.41 Å². The standard InChI is InChI=1S/C59H36N2S/c1-3-17-37(18-4-1)39-33-40(42-25-15-26-46-45-23-10-14-32-55(45)62-57(42)46)35-41(34-39)53-36-54(61-58(60-53)38-19-5-2-6-20-38)48-27-16-31-52-56(48)47-24-9-13-30-51(47)59(52)49-28-11-7-21-43(49)44-22-8-12-29-50(44)59/h1-36H. The molecule has 9 aromatic carbocycles. The third-order valence-corrected chi connectivity index (χ3v) is 14.3. The molecule has 288 valence electrons. The molecule has 2 nitrogen and oxygen atoms in total. The molecule has 2 aliphatic rings. The van der Waals surface area contributed by atoms with Crippen LogP contribution in [0.2, 0.25) is 0 Å². The first-order chi connectivity index (χ1) is 30.7. The van der Waals surface area contributed by atoms with Crippen molar-refractivity contribution in [1.29, 1.82) is 0 Å². The second-order valence-corrected chi connectivity index (χ2v) is 17.4. The lowest BCUT2D eigenvalue weighted by Crippen LogP contribution is -2.25. The van der Waals surface area contributed by atoms with Crippen molar-refractivity contribution < 1.29 is 0 Å². The maximum absolute atomic E-state index is 5.47. The van der Waals surface area contributed by atoms with Crippen LogP contribution < -0.4 is 0 Å². The average Bonchev–Trinajstić information content (AvgIpc) is 3.99. The Balaban J connectivity index is 1.07. The fourth-order valence-corrected chi connectivity index (χ4v) is 11.7. The van der Waals surface area contributed by atoms with Crippen LogP contribution in [0, 0.1) is 0 Å². The molecule has 11 aromatic rings. The van der Waals surface area contributed by atoms with Gasteiger partial charge in [0.1, 0.15) is 0 Å². The van der Waals surface area contributed by atoms with Crippen LogP contribution in [-0.4, -0.2) is 9.97 Å². The first-order valence-corrected chi connectivity index (χ1v) is 22.0. The van der Waals surface area contributed by atoms with Crippen molar-refractivity contribution in [1.82, 2.24) is 9.97 Å². The molecule has 62 heavy (non-hydrogen) atoms. The van der Waals surface area contributed by atoms with Gasteiger partial charge in [-0.25, -0.2) is 9.97 Å². The molecule has 0 bridgehead atoms. The largest absolute Gasteiger partial charge is 0.228 e. The second kappa shape index (κ2) is 13.7. The summed E-state index contributed by atoms with van der Waals surface area (Å²) in [6, 6.07) is 79.6. The Kier molecular flexibility index (Phi) is 7.72. The van der Waals surface area contributed by atoms with Gasteiger partial charge in [-0.15, -0.1) is 11.3 Å². The number of fused-ring (bicyclic) bond motifs is 13. The van der Waals surface area contributed by atoms with E-state index in [1.165, 1.54) is 70.2 Å². The summed E-state index contributed by atoms with van der Waals surface area (Å²) in [5, 5.41) is 2.58. The van der Waals surface area contributed by atoms with Gasteiger partial charge in [-0.05, 0) is 97.1 Å². The van der Waals surface area contributed by atoms with Crippen LogP contribution in [0.5, 0.6) is 0 Å². The van der Waals surface area contributed by atoms with E-state index in [1.54, 1.807) is 0 Å². The molecule has 1 spiro atoms. The summed E-state index contributed by atoms with van der Waals surface area (Å²) in [6.45, 7) is 0. The SMILES string of the molecule is c1ccc(-c2cc(-c3cc(-c4cccc5c4-c4ccccc4C54c5ccccc5-c5ccccc54)nc(-c4ccccc4)n3)cc(-c3cccc4c3sc3ccccc34)c2)cc1. The maximum atomic E-state index is 5.47. The Labute approximate surface area is 364 Å². The molecular weight excluding hydrogens is 769 g/mol. The van der Waals surface area contributed by atoms with Gasteiger partial charge in [0.15, 0.2) is 5.82 Å². The monoisotopic (exact) mass is 804 g/mol. The zero-order valence-corrected chi connectivity index (χ0v) is 34.4. The minimum absolute atomic E-state index is 0.445. The van der Waals surface area contributed by atoms with E-state index in [0.717, 1.165) is 44.8 Å². The van der Waals surface area contributed by atoms with Crippen LogP contribution >= 0.6 is 11.3 Å². The lowest BCUT2D eigenvalue weighted by molar-refractivity contribution is 0.794. The predicted molar refractivity (Wildman–Crippen MR) is 258 cm³/mol. The summed E-state index contributed by atoms with van der Waals surface area (Å²) in [4.78, 5) is 10.9. The Bertz CT molecular complexity index is 3540. The Hall–Kier alpha value is -7.72. The molecular formula is C59H36N2S. The van der Waals surface area contributed by atoms with E-state index >= 15 is 0 Å². The van der Waals surface area contributed by atoms with Gasteiger partial charge in [0.05, 0.1) is 16.8 Å². The van der Waals surface area contributed by atoms with Crippen LogP contribution in [0.4, 0.5) is 0 Å². The minimum atomic E-state index is -0.445. The fraction of sp³-hybridized carbons (Fsp3) is 0.0169. The van der Waals surface area contributed by atoms with Crippen LogP contribution in [0.25, 0.3) is 98.6 Å². The van der Waals surface area contributed by atoms with E-state index < -0.39 is 5.41 Å². The predicted octanol–water partition coefficient (Wildman–Crippen LogP) is 15.5. The molecule has 3 heteroatoms. The first-order valence-electron chi connectivity index (χ1n) is 21.2. The van der Waals surface area contributed by atoms with E-state index in [4.69, 9.17) is 9.97 Å². The van der Waals surface area contributed by atoms with Crippen molar-refractivity contribution in [3.05, 3.63) is 241 Å². The van der Waals surface area contributed by atoms with Crippen molar-refractivity contribution in [3.8, 4) is 78.4 Å². The molecule has 0 saturated heterocycles. The van der Waals surface area contributed by atoms with Crippen LogP contribution in [-0.2, 0) is 5.41 Å². The lowest BCUT2D eigenvalue weighted by atomic mass is 9.70. The summed E-state index contributed by atoms with van der Waals surface area (Å²) in [5.41, 5.74) is 19.5. The molecule has 13 rings (SSSR count). The maximum Gasteiger partial charge on any atom is 0.160 e. The highest BCUT2D eigenvalue weighted by atomic mass is 32.1. The zero-order valence-electron chi connectivity index (χ0n) is 33.6. The van der Waals surface area contributed by atoms with Gasteiger partial charge < -0.3 is 0 Å². The molecule has 2 aliphatic carbocycles. The first kappa shape index (κ1) is 35.1. The van der Waals surface area contributed by atoms with Gasteiger partial charge in [0.25, 0.3) is 0 Å². The topological polar surface area (TPSA) is 25.8 Å². The Morgan fingerprint density at radius 2 is 0.839 bits per heavy atom.